The number of sulfonamides is 1. The zero-order chi connectivity index (χ0) is 13.2. The van der Waals surface area contributed by atoms with Gasteiger partial charge >= 0.3 is 0 Å². The molecule has 0 bridgehead atoms. The Bertz CT molecular complexity index is 631. The van der Waals surface area contributed by atoms with Crippen LogP contribution >= 0.6 is 11.3 Å². The lowest BCUT2D eigenvalue weighted by atomic mass is 10.1. The van der Waals surface area contributed by atoms with E-state index in [-0.39, 0.29) is 0 Å². The first-order valence-electron chi connectivity index (χ1n) is 5.58. The van der Waals surface area contributed by atoms with Crippen molar-refractivity contribution in [3.05, 3.63) is 51.7 Å². The quantitative estimate of drug-likeness (QED) is 0.936. The average Bonchev–Trinajstić information content (AvgIpc) is 2.83. The van der Waals surface area contributed by atoms with Crippen molar-refractivity contribution in [1.29, 1.82) is 0 Å². The number of hydrogen-bond acceptors (Lipinski definition) is 3. The maximum absolute atomic E-state index is 12.1. The van der Waals surface area contributed by atoms with Crippen LogP contribution in [0, 0.1) is 13.8 Å². The fourth-order valence-corrected chi connectivity index (χ4v) is 3.37. The smallest absolute Gasteiger partial charge is 0.207 e. The second kappa shape index (κ2) is 5.22. The summed E-state index contributed by atoms with van der Waals surface area (Å²) in [7, 11) is -3.42. The average molecular weight is 281 g/mol. The van der Waals surface area contributed by atoms with E-state index in [4.69, 9.17) is 0 Å². The van der Waals surface area contributed by atoms with E-state index in [1.165, 1.54) is 11.3 Å². The summed E-state index contributed by atoms with van der Waals surface area (Å²) in [4.78, 5) is 1.32. The Morgan fingerprint density at radius 2 is 1.94 bits per heavy atom. The van der Waals surface area contributed by atoms with Gasteiger partial charge in [0.25, 0.3) is 0 Å². The molecule has 0 fully saturated rings. The maximum Gasteiger partial charge on any atom is 0.240 e. The summed E-state index contributed by atoms with van der Waals surface area (Å²) >= 11 is 1.54. The second-order valence-corrected chi connectivity index (χ2v) is 6.95. The zero-order valence-corrected chi connectivity index (χ0v) is 11.9. The van der Waals surface area contributed by atoms with Crippen molar-refractivity contribution in [3.8, 4) is 0 Å². The van der Waals surface area contributed by atoms with Crippen LogP contribution in [-0.2, 0) is 16.6 Å². The van der Waals surface area contributed by atoms with E-state index in [0.717, 1.165) is 16.0 Å². The molecule has 3 nitrogen and oxygen atoms in total. The standard InChI is InChI=1S/C13H15NO2S2/c1-10-5-6-13(8-11(10)2)18(15,16)14-9-12-4-3-7-17-12/h3-8,14H,9H2,1-2H3. The molecule has 0 aliphatic carbocycles. The molecule has 1 aromatic carbocycles. The summed E-state index contributed by atoms with van der Waals surface area (Å²) in [5.41, 5.74) is 2.07. The monoisotopic (exact) mass is 281 g/mol. The van der Waals surface area contributed by atoms with Crippen molar-refractivity contribution in [2.24, 2.45) is 0 Å². The fraction of sp³-hybridized carbons (Fsp3) is 0.231. The van der Waals surface area contributed by atoms with Gasteiger partial charge in [-0.25, -0.2) is 13.1 Å². The molecule has 1 heterocycles. The van der Waals surface area contributed by atoms with Gasteiger partial charge < -0.3 is 0 Å². The van der Waals surface area contributed by atoms with E-state index in [0.29, 0.717) is 11.4 Å². The third-order valence-electron chi connectivity index (χ3n) is 2.81. The van der Waals surface area contributed by atoms with Crippen molar-refractivity contribution in [2.75, 3.05) is 0 Å². The minimum atomic E-state index is -3.42. The topological polar surface area (TPSA) is 46.2 Å². The molecule has 1 N–H and O–H groups in total. The fourth-order valence-electron chi connectivity index (χ4n) is 1.54. The Kier molecular flexibility index (Phi) is 3.85. The number of hydrogen-bond donors (Lipinski definition) is 1. The lowest BCUT2D eigenvalue weighted by Crippen LogP contribution is -2.22. The third-order valence-corrected chi connectivity index (χ3v) is 5.08. The Morgan fingerprint density at radius 1 is 1.17 bits per heavy atom. The Hall–Kier alpha value is -1.17. The Morgan fingerprint density at radius 3 is 2.56 bits per heavy atom. The number of benzene rings is 1. The van der Waals surface area contributed by atoms with Crippen LogP contribution in [0.3, 0.4) is 0 Å². The molecule has 0 spiro atoms. The zero-order valence-electron chi connectivity index (χ0n) is 10.3. The summed E-state index contributed by atoms with van der Waals surface area (Å²) in [6.45, 7) is 4.21. The summed E-state index contributed by atoms with van der Waals surface area (Å²) < 4.78 is 26.8. The predicted octanol–water partition coefficient (Wildman–Crippen LogP) is 2.84. The molecule has 0 atom stereocenters. The molecule has 2 rings (SSSR count). The Labute approximate surface area is 112 Å². The van der Waals surface area contributed by atoms with Crippen LogP contribution < -0.4 is 4.72 Å². The van der Waals surface area contributed by atoms with Gasteiger partial charge in [-0.05, 0) is 48.6 Å². The molecule has 0 unspecified atom stereocenters. The lowest BCUT2D eigenvalue weighted by molar-refractivity contribution is 0.581. The lowest BCUT2D eigenvalue weighted by Gasteiger charge is -2.07. The molecule has 18 heavy (non-hydrogen) atoms. The van der Waals surface area contributed by atoms with Crippen LogP contribution in [-0.4, -0.2) is 8.42 Å². The molecule has 2 aromatic rings. The van der Waals surface area contributed by atoms with Gasteiger partial charge in [0.15, 0.2) is 0 Å². The highest BCUT2D eigenvalue weighted by molar-refractivity contribution is 7.89. The first-order valence-corrected chi connectivity index (χ1v) is 7.94. The number of aryl methyl sites for hydroxylation is 2. The van der Waals surface area contributed by atoms with Crippen molar-refractivity contribution in [2.45, 2.75) is 25.3 Å². The molecule has 0 aliphatic rings. The molecule has 0 saturated carbocycles. The summed E-state index contributed by atoms with van der Waals surface area (Å²) in [5, 5.41) is 1.93. The largest absolute Gasteiger partial charge is 0.240 e. The van der Waals surface area contributed by atoms with Crippen molar-refractivity contribution in [1.82, 2.24) is 4.72 Å². The Balaban J connectivity index is 2.17. The van der Waals surface area contributed by atoms with Crippen LogP contribution in [0.1, 0.15) is 16.0 Å². The molecular weight excluding hydrogens is 266 g/mol. The maximum atomic E-state index is 12.1. The van der Waals surface area contributed by atoms with E-state index < -0.39 is 10.0 Å². The van der Waals surface area contributed by atoms with Gasteiger partial charge in [0, 0.05) is 11.4 Å². The minimum absolute atomic E-state index is 0.321. The van der Waals surface area contributed by atoms with Gasteiger partial charge in [0.05, 0.1) is 4.90 Å². The second-order valence-electron chi connectivity index (χ2n) is 4.15. The van der Waals surface area contributed by atoms with E-state index in [1.54, 1.807) is 12.1 Å². The SMILES string of the molecule is Cc1ccc(S(=O)(=O)NCc2cccs2)cc1C. The van der Waals surface area contributed by atoms with Crippen LogP contribution in [0.25, 0.3) is 0 Å². The first-order chi connectivity index (χ1) is 8.49. The summed E-state index contributed by atoms with van der Waals surface area (Å²) in [6, 6.07) is 8.98. The van der Waals surface area contributed by atoms with E-state index in [9.17, 15) is 8.42 Å². The molecule has 0 aliphatic heterocycles. The molecule has 0 radical (unpaired) electrons. The van der Waals surface area contributed by atoms with Gasteiger partial charge in [0.2, 0.25) is 10.0 Å². The minimum Gasteiger partial charge on any atom is -0.207 e. The van der Waals surface area contributed by atoms with Gasteiger partial charge in [0.1, 0.15) is 0 Å². The van der Waals surface area contributed by atoms with Crippen molar-refractivity contribution >= 4 is 21.4 Å². The predicted molar refractivity (Wildman–Crippen MR) is 74.3 cm³/mol. The first kappa shape index (κ1) is 13.3. The third kappa shape index (κ3) is 2.98. The summed E-state index contributed by atoms with van der Waals surface area (Å²) in [5.74, 6) is 0. The van der Waals surface area contributed by atoms with Gasteiger partial charge in [-0.15, -0.1) is 11.3 Å². The highest BCUT2D eigenvalue weighted by Gasteiger charge is 2.14. The van der Waals surface area contributed by atoms with Crippen LogP contribution in [0.2, 0.25) is 0 Å². The van der Waals surface area contributed by atoms with Crippen LogP contribution in [0.15, 0.2) is 40.6 Å². The molecule has 0 amide bonds. The highest BCUT2D eigenvalue weighted by Crippen LogP contribution is 2.15. The normalized spacial score (nSPS) is 11.7. The van der Waals surface area contributed by atoms with Gasteiger partial charge in [-0.1, -0.05) is 12.1 Å². The van der Waals surface area contributed by atoms with Crippen molar-refractivity contribution in [3.63, 3.8) is 0 Å². The van der Waals surface area contributed by atoms with E-state index in [1.807, 2.05) is 37.4 Å². The molecule has 1 aromatic heterocycles. The highest BCUT2D eigenvalue weighted by atomic mass is 32.2. The number of rotatable bonds is 4. The van der Waals surface area contributed by atoms with Crippen LogP contribution in [0.4, 0.5) is 0 Å². The van der Waals surface area contributed by atoms with Gasteiger partial charge in [-0.2, -0.15) is 0 Å². The van der Waals surface area contributed by atoms with Crippen LogP contribution in [0.5, 0.6) is 0 Å². The molecular formula is C13H15NO2S2. The molecule has 0 saturated heterocycles. The van der Waals surface area contributed by atoms with E-state index >= 15 is 0 Å². The summed E-state index contributed by atoms with van der Waals surface area (Å²) in [6.07, 6.45) is 0. The van der Waals surface area contributed by atoms with Gasteiger partial charge in [-0.3, -0.25) is 0 Å². The molecule has 96 valence electrons. The van der Waals surface area contributed by atoms with Crippen molar-refractivity contribution < 1.29 is 8.42 Å². The van der Waals surface area contributed by atoms with E-state index in [2.05, 4.69) is 4.72 Å². The molecule has 5 heteroatoms. The number of nitrogens with one attached hydrogen (secondary N) is 1. The number of thiophene rings is 1.